The van der Waals surface area contributed by atoms with Crippen LogP contribution in [0.3, 0.4) is 0 Å². The average molecular weight is 411 g/mol. The van der Waals surface area contributed by atoms with E-state index < -0.39 is 10.0 Å². The van der Waals surface area contributed by atoms with Crippen molar-refractivity contribution in [2.45, 2.75) is 57.0 Å². The Morgan fingerprint density at radius 2 is 1.79 bits per heavy atom. The molecule has 0 aliphatic heterocycles. The van der Waals surface area contributed by atoms with Crippen molar-refractivity contribution in [2.75, 3.05) is 0 Å². The molecule has 29 heavy (non-hydrogen) atoms. The van der Waals surface area contributed by atoms with Gasteiger partial charge in [-0.25, -0.2) is 13.1 Å². The van der Waals surface area contributed by atoms with Crippen molar-refractivity contribution < 1.29 is 8.42 Å². The number of benzene rings is 1. The normalized spacial score (nSPS) is 15.1. The molecule has 1 aliphatic carbocycles. The fourth-order valence-corrected chi connectivity index (χ4v) is 5.27. The second kappa shape index (κ2) is 8.08. The molecule has 4 rings (SSSR count). The molecule has 0 spiro atoms. The van der Waals surface area contributed by atoms with Crippen LogP contribution in [0.2, 0.25) is 0 Å². The second-order valence-electron chi connectivity index (χ2n) is 7.73. The number of nitrogens with zero attached hydrogens (tertiary/aromatic N) is 3. The molecule has 2 heterocycles. The van der Waals surface area contributed by atoms with E-state index in [1.165, 1.54) is 12.8 Å². The van der Waals surface area contributed by atoms with E-state index in [-0.39, 0.29) is 6.54 Å². The van der Waals surface area contributed by atoms with Gasteiger partial charge in [-0.2, -0.15) is 5.10 Å². The van der Waals surface area contributed by atoms with E-state index >= 15 is 0 Å². The van der Waals surface area contributed by atoms with E-state index in [1.54, 1.807) is 18.5 Å². The van der Waals surface area contributed by atoms with E-state index in [0.717, 1.165) is 40.9 Å². The van der Waals surface area contributed by atoms with Crippen molar-refractivity contribution in [2.24, 2.45) is 0 Å². The van der Waals surface area contributed by atoms with Crippen LogP contribution in [-0.2, 0) is 16.6 Å². The van der Waals surface area contributed by atoms with Gasteiger partial charge in [-0.05, 0) is 56.5 Å². The fraction of sp³-hybridized carbons (Fsp3) is 0.364. The molecule has 0 unspecified atom stereocenters. The van der Waals surface area contributed by atoms with E-state index in [4.69, 9.17) is 5.10 Å². The second-order valence-corrected chi connectivity index (χ2v) is 9.47. The Kier molecular flexibility index (Phi) is 5.52. The lowest BCUT2D eigenvalue weighted by Gasteiger charge is -2.14. The van der Waals surface area contributed by atoms with Gasteiger partial charge < -0.3 is 0 Å². The van der Waals surface area contributed by atoms with Crippen LogP contribution in [0.25, 0.3) is 11.3 Å². The summed E-state index contributed by atoms with van der Waals surface area (Å²) < 4.78 is 30.4. The number of hydrogen-bond acceptors (Lipinski definition) is 4. The van der Waals surface area contributed by atoms with Crippen molar-refractivity contribution >= 4 is 10.0 Å². The largest absolute Gasteiger partial charge is 0.265 e. The first-order valence-electron chi connectivity index (χ1n) is 10.00. The average Bonchev–Trinajstić information content (AvgIpc) is 3.36. The number of pyridine rings is 1. The number of aryl methyl sites for hydroxylation is 2. The Balaban J connectivity index is 1.60. The summed E-state index contributed by atoms with van der Waals surface area (Å²) in [5, 5.41) is 4.77. The summed E-state index contributed by atoms with van der Waals surface area (Å²) in [6.07, 6.45) is 8.15. The van der Waals surface area contributed by atoms with Crippen LogP contribution >= 0.6 is 0 Å². The molecule has 1 aliphatic rings. The van der Waals surface area contributed by atoms with Gasteiger partial charge in [-0.15, -0.1) is 0 Å². The molecule has 1 N–H and O–H groups in total. The maximum Gasteiger partial charge on any atom is 0.241 e. The summed E-state index contributed by atoms with van der Waals surface area (Å²) in [6, 6.07) is 11.6. The standard InChI is InChI=1S/C22H26N4O2S/c1-16-7-8-22(17(2)13-16)29(27,28)24-15-19-14-21(18-9-11-23-12-10-18)26(25-19)20-5-3-4-6-20/h7-14,20,24H,3-6,15H2,1-2H3. The van der Waals surface area contributed by atoms with Gasteiger partial charge >= 0.3 is 0 Å². The molecular weight excluding hydrogens is 384 g/mol. The van der Waals surface area contributed by atoms with Crippen LogP contribution in [0.1, 0.15) is 48.5 Å². The summed E-state index contributed by atoms with van der Waals surface area (Å²) in [5.74, 6) is 0. The first-order valence-corrected chi connectivity index (χ1v) is 11.5. The monoisotopic (exact) mass is 410 g/mol. The summed E-state index contributed by atoms with van der Waals surface area (Å²) >= 11 is 0. The van der Waals surface area contributed by atoms with Crippen LogP contribution in [0.15, 0.2) is 53.7 Å². The van der Waals surface area contributed by atoms with E-state index in [2.05, 4.69) is 14.4 Å². The van der Waals surface area contributed by atoms with Crippen LogP contribution in [0, 0.1) is 13.8 Å². The van der Waals surface area contributed by atoms with Crippen LogP contribution in [-0.4, -0.2) is 23.2 Å². The highest BCUT2D eigenvalue weighted by Gasteiger charge is 2.23. The number of rotatable bonds is 6. The van der Waals surface area contributed by atoms with Crippen LogP contribution in [0.4, 0.5) is 0 Å². The Bertz CT molecular complexity index is 1100. The molecule has 0 bridgehead atoms. The van der Waals surface area contributed by atoms with E-state index in [9.17, 15) is 8.42 Å². The molecule has 0 radical (unpaired) electrons. The molecule has 2 aromatic heterocycles. The maximum absolute atomic E-state index is 12.8. The van der Waals surface area contributed by atoms with E-state index in [1.807, 2.05) is 44.2 Å². The third-order valence-electron chi connectivity index (χ3n) is 5.50. The van der Waals surface area contributed by atoms with Crippen LogP contribution < -0.4 is 4.72 Å². The topological polar surface area (TPSA) is 76.9 Å². The highest BCUT2D eigenvalue weighted by molar-refractivity contribution is 7.89. The Labute approximate surface area is 172 Å². The van der Waals surface area contributed by atoms with Crippen LogP contribution in [0.5, 0.6) is 0 Å². The number of hydrogen-bond donors (Lipinski definition) is 1. The SMILES string of the molecule is Cc1ccc(S(=O)(=O)NCc2cc(-c3ccncc3)n(C3CCCC3)n2)c(C)c1. The van der Waals surface area contributed by atoms with Gasteiger partial charge in [0.15, 0.2) is 0 Å². The first kappa shape index (κ1) is 19.8. The summed E-state index contributed by atoms with van der Waals surface area (Å²) in [5.41, 5.74) is 4.56. The van der Waals surface area contributed by atoms with Crippen molar-refractivity contribution in [3.63, 3.8) is 0 Å². The number of nitrogens with one attached hydrogen (secondary N) is 1. The minimum Gasteiger partial charge on any atom is -0.265 e. The lowest BCUT2D eigenvalue weighted by molar-refractivity contribution is 0.467. The lowest BCUT2D eigenvalue weighted by atomic mass is 10.1. The van der Waals surface area contributed by atoms with Crippen molar-refractivity contribution in [3.8, 4) is 11.3 Å². The molecule has 1 fully saturated rings. The third kappa shape index (κ3) is 4.26. The van der Waals surface area contributed by atoms with Gasteiger partial charge in [0.05, 0.1) is 28.9 Å². The number of aromatic nitrogens is 3. The van der Waals surface area contributed by atoms with Gasteiger partial charge in [0.1, 0.15) is 0 Å². The fourth-order valence-electron chi connectivity index (χ4n) is 4.04. The molecule has 0 atom stereocenters. The molecule has 7 heteroatoms. The quantitative estimate of drug-likeness (QED) is 0.662. The highest BCUT2D eigenvalue weighted by Crippen LogP contribution is 2.33. The lowest BCUT2D eigenvalue weighted by Crippen LogP contribution is -2.24. The summed E-state index contributed by atoms with van der Waals surface area (Å²) in [4.78, 5) is 4.41. The van der Waals surface area contributed by atoms with Gasteiger partial charge in [0.25, 0.3) is 0 Å². The Morgan fingerprint density at radius 1 is 1.07 bits per heavy atom. The molecule has 0 amide bonds. The van der Waals surface area contributed by atoms with Gasteiger partial charge in [-0.1, -0.05) is 30.5 Å². The molecule has 6 nitrogen and oxygen atoms in total. The molecule has 1 aromatic carbocycles. The zero-order valence-electron chi connectivity index (χ0n) is 16.8. The van der Waals surface area contributed by atoms with Crippen molar-refractivity contribution in [1.29, 1.82) is 0 Å². The summed E-state index contributed by atoms with van der Waals surface area (Å²) in [7, 11) is -3.60. The number of sulfonamides is 1. The van der Waals surface area contributed by atoms with Crippen molar-refractivity contribution in [1.82, 2.24) is 19.5 Å². The Morgan fingerprint density at radius 3 is 2.48 bits per heavy atom. The molecule has 0 saturated heterocycles. The van der Waals surface area contributed by atoms with Gasteiger partial charge in [0.2, 0.25) is 10.0 Å². The zero-order valence-corrected chi connectivity index (χ0v) is 17.6. The van der Waals surface area contributed by atoms with Gasteiger partial charge in [0, 0.05) is 18.0 Å². The predicted octanol–water partition coefficient (Wildman–Crippen LogP) is 4.16. The van der Waals surface area contributed by atoms with E-state index in [0.29, 0.717) is 10.9 Å². The molecule has 1 saturated carbocycles. The first-order chi connectivity index (χ1) is 13.9. The third-order valence-corrected chi connectivity index (χ3v) is 7.06. The van der Waals surface area contributed by atoms with Crippen molar-refractivity contribution in [3.05, 3.63) is 65.6 Å². The molecule has 152 valence electrons. The minimum atomic E-state index is -3.60. The Hall–Kier alpha value is -2.51. The maximum atomic E-state index is 12.8. The molecule has 3 aromatic rings. The molecular formula is C22H26N4O2S. The highest BCUT2D eigenvalue weighted by atomic mass is 32.2. The summed E-state index contributed by atoms with van der Waals surface area (Å²) in [6.45, 7) is 3.93. The predicted molar refractivity (Wildman–Crippen MR) is 113 cm³/mol. The minimum absolute atomic E-state index is 0.160. The smallest absolute Gasteiger partial charge is 0.241 e. The zero-order chi connectivity index (χ0) is 20.4. The van der Waals surface area contributed by atoms with Gasteiger partial charge in [-0.3, -0.25) is 9.67 Å².